The van der Waals surface area contributed by atoms with Gasteiger partial charge in [-0.1, -0.05) is 42.5 Å². The Labute approximate surface area is 130 Å². The number of aliphatic hydroxyl groups excluding tert-OH is 1. The van der Waals surface area contributed by atoms with E-state index >= 15 is 0 Å². The zero-order chi connectivity index (χ0) is 15.6. The molecule has 2 N–H and O–H groups in total. The van der Waals surface area contributed by atoms with E-state index in [-0.39, 0.29) is 12.4 Å². The summed E-state index contributed by atoms with van der Waals surface area (Å²) in [5.74, 6) is 0.557. The Kier molecular flexibility index (Phi) is 6.61. The van der Waals surface area contributed by atoms with Crippen LogP contribution in [-0.4, -0.2) is 24.9 Å². The molecule has 0 bridgehead atoms. The maximum absolute atomic E-state index is 12.8. The number of hydrogen-bond acceptors (Lipinski definition) is 3. The number of nitrogens with one attached hydrogen (secondary N) is 1. The molecule has 3 nitrogen and oxygen atoms in total. The molecule has 0 aromatic heterocycles. The summed E-state index contributed by atoms with van der Waals surface area (Å²) in [7, 11) is 0. The van der Waals surface area contributed by atoms with Crippen LogP contribution < -0.4 is 10.1 Å². The van der Waals surface area contributed by atoms with Crippen LogP contribution in [0.4, 0.5) is 4.39 Å². The Bertz CT molecular complexity index is 596. The molecule has 116 valence electrons. The van der Waals surface area contributed by atoms with Gasteiger partial charge in [-0.15, -0.1) is 0 Å². The van der Waals surface area contributed by atoms with E-state index in [1.807, 2.05) is 36.4 Å². The summed E-state index contributed by atoms with van der Waals surface area (Å²) >= 11 is 0. The molecule has 0 radical (unpaired) electrons. The van der Waals surface area contributed by atoms with Gasteiger partial charge in [0.15, 0.2) is 0 Å². The number of ether oxygens (including phenoxy) is 1. The zero-order valence-electron chi connectivity index (χ0n) is 12.3. The minimum atomic E-state index is -0.227. The highest BCUT2D eigenvalue weighted by Gasteiger charge is 2.01. The van der Waals surface area contributed by atoms with E-state index in [4.69, 9.17) is 9.84 Å². The number of benzene rings is 2. The fourth-order valence-corrected chi connectivity index (χ4v) is 2.01. The third kappa shape index (κ3) is 5.31. The SMILES string of the molecule is OCCOc1ccccc1CNC/C=C/c1ccc(F)cc1. The number of rotatable bonds is 8. The summed E-state index contributed by atoms with van der Waals surface area (Å²) in [5, 5.41) is 12.1. The molecule has 2 aromatic rings. The molecule has 2 rings (SSSR count). The maximum atomic E-state index is 12.8. The van der Waals surface area contributed by atoms with E-state index in [0.717, 1.165) is 16.9 Å². The number of para-hydroxylation sites is 1. The second kappa shape index (κ2) is 8.97. The summed E-state index contributed by atoms with van der Waals surface area (Å²) in [4.78, 5) is 0. The highest BCUT2D eigenvalue weighted by Crippen LogP contribution is 2.17. The Morgan fingerprint density at radius 1 is 1.09 bits per heavy atom. The Morgan fingerprint density at radius 3 is 2.64 bits per heavy atom. The van der Waals surface area contributed by atoms with E-state index in [2.05, 4.69) is 5.32 Å². The summed E-state index contributed by atoms with van der Waals surface area (Å²) in [6.07, 6.45) is 3.94. The van der Waals surface area contributed by atoms with Crippen molar-refractivity contribution >= 4 is 6.08 Å². The zero-order valence-corrected chi connectivity index (χ0v) is 12.3. The molecule has 0 atom stereocenters. The molecule has 0 fully saturated rings. The maximum Gasteiger partial charge on any atom is 0.123 e. The Hall–Kier alpha value is -2.17. The van der Waals surface area contributed by atoms with Crippen LogP contribution in [0.15, 0.2) is 54.6 Å². The first-order valence-electron chi connectivity index (χ1n) is 7.24. The van der Waals surface area contributed by atoms with Gasteiger partial charge in [0, 0.05) is 18.7 Å². The van der Waals surface area contributed by atoms with E-state index < -0.39 is 0 Å². The summed E-state index contributed by atoms with van der Waals surface area (Å²) < 4.78 is 18.3. The van der Waals surface area contributed by atoms with Gasteiger partial charge in [0.2, 0.25) is 0 Å². The normalized spacial score (nSPS) is 11.0. The molecule has 0 unspecified atom stereocenters. The minimum Gasteiger partial charge on any atom is -0.491 e. The minimum absolute atomic E-state index is 0.00215. The van der Waals surface area contributed by atoms with E-state index in [1.165, 1.54) is 12.1 Å². The molecule has 22 heavy (non-hydrogen) atoms. The molecular weight excluding hydrogens is 281 g/mol. The predicted octanol–water partition coefficient (Wildman–Crippen LogP) is 3.00. The largest absolute Gasteiger partial charge is 0.491 e. The predicted molar refractivity (Wildman–Crippen MR) is 86.2 cm³/mol. The number of aliphatic hydroxyl groups is 1. The smallest absolute Gasteiger partial charge is 0.123 e. The molecule has 0 saturated heterocycles. The number of hydrogen-bond donors (Lipinski definition) is 2. The second-order valence-corrected chi connectivity index (χ2v) is 4.76. The van der Waals surface area contributed by atoms with Crippen LogP contribution in [-0.2, 0) is 6.54 Å². The van der Waals surface area contributed by atoms with Crippen LogP contribution in [0.5, 0.6) is 5.75 Å². The Balaban J connectivity index is 1.80. The first-order chi connectivity index (χ1) is 10.8. The van der Waals surface area contributed by atoms with Crippen molar-refractivity contribution in [2.45, 2.75) is 6.54 Å². The van der Waals surface area contributed by atoms with Gasteiger partial charge in [-0.25, -0.2) is 4.39 Å². The van der Waals surface area contributed by atoms with Gasteiger partial charge >= 0.3 is 0 Å². The third-order valence-electron chi connectivity index (χ3n) is 3.08. The number of halogens is 1. The second-order valence-electron chi connectivity index (χ2n) is 4.76. The average molecular weight is 301 g/mol. The fourth-order valence-electron chi connectivity index (χ4n) is 2.01. The molecule has 0 aliphatic heterocycles. The highest BCUT2D eigenvalue weighted by atomic mass is 19.1. The summed E-state index contributed by atoms with van der Waals surface area (Å²) in [6, 6.07) is 14.1. The molecular formula is C18H20FNO2. The molecule has 2 aromatic carbocycles. The lowest BCUT2D eigenvalue weighted by Crippen LogP contribution is -2.14. The summed E-state index contributed by atoms with van der Waals surface area (Å²) in [5.41, 5.74) is 2.01. The quantitative estimate of drug-likeness (QED) is 0.737. The van der Waals surface area contributed by atoms with Gasteiger partial charge in [0.25, 0.3) is 0 Å². The van der Waals surface area contributed by atoms with Crippen molar-refractivity contribution in [1.29, 1.82) is 0 Å². The van der Waals surface area contributed by atoms with E-state index in [0.29, 0.717) is 19.7 Å². The lowest BCUT2D eigenvalue weighted by atomic mass is 10.2. The highest BCUT2D eigenvalue weighted by molar-refractivity contribution is 5.49. The third-order valence-corrected chi connectivity index (χ3v) is 3.08. The van der Waals surface area contributed by atoms with E-state index in [9.17, 15) is 4.39 Å². The van der Waals surface area contributed by atoms with Crippen molar-refractivity contribution in [1.82, 2.24) is 5.32 Å². The molecule has 0 spiro atoms. The van der Waals surface area contributed by atoms with Gasteiger partial charge in [-0.2, -0.15) is 0 Å². The van der Waals surface area contributed by atoms with Crippen molar-refractivity contribution in [2.24, 2.45) is 0 Å². The van der Waals surface area contributed by atoms with E-state index in [1.54, 1.807) is 12.1 Å². The van der Waals surface area contributed by atoms with Crippen molar-refractivity contribution < 1.29 is 14.2 Å². The van der Waals surface area contributed by atoms with Gasteiger partial charge in [-0.3, -0.25) is 0 Å². The lowest BCUT2D eigenvalue weighted by molar-refractivity contribution is 0.200. The molecule has 0 aliphatic rings. The van der Waals surface area contributed by atoms with Crippen molar-refractivity contribution in [2.75, 3.05) is 19.8 Å². The topological polar surface area (TPSA) is 41.5 Å². The standard InChI is InChI=1S/C18H20FNO2/c19-17-9-7-15(8-10-17)4-3-11-20-14-16-5-1-2-6-18(16)22-13-12-21/h1-10,20-21H,11-14H2/b4-3+. The van der Waals surface area contributed by atoms with Crippen LogP contribution in [0.3, 0.4) is 0 Å². The van der Waals surface area contributed by atoms with Crippen LogP contribution in [0.1, 0.15) is 11.1 Å². The Morgan fingerprint density at radius 2 is 1.86 bits per heavy atom. The van der Waals surface area contributed by atoms with Crippen molar-refractivity contribution in [3.63, 3.8) is 0 Å². The molecule has 0 amide bonds. The lowest BCUT2D eigenvalue weighted by Gasteiger charge is -2.10. The van der Waals surface area contributed by atoms with Crippen LogP contribution >= 0.6 is 0 Å². The molecule has 4 heteroatoms. The van der Waals surface area contributed by atoms with Crippen molar-refractivity contribution in [3.05, 3.63) is 71.6 Å². The van der Waals surface area contributed by atoms with Crippen LogP contribution in [0.2, 0.25) is 0 Å². The van der Waals surface area contributed by atoms with Gasteiger partial charge in [0.05, 0.1) is 6.61 Å². The first-order valence-corrected chi connectivity index (χ1v) is 7.24. The molecule has 0 aliphatic carbocycles. The average Bonchev–Trinajstić information content (AvgIpc) is 2.55. The fraction of sp³-hybridized carbons (Fsp3) is 0.222. The molecule has 0 heterocycles. The van der Waals surface area contributed by atoms with Crippen molar-refractivity contribution in [3.8, 4) is 5.75 Å². The van der Waals surface area contributed by atoms with Crippen LogP contribution in [0, 0.1) is 5.82 Å². The summed E-state index contributed by atoms with van der Waals surface area (Å²) in [6.45, 7) is 1.67. The van der Waals surface area contributed by atoms with Gasteiger partial charge < -0.3 is 15.2 Å². The monoisotopic (exact) mass is 301 g/mol. The van der Waals surface area contributed by atoms with Gasteiger partial charge in [-0.05, 0) is 23.8 Å². The first kappa shape index (κ1) is 16.2. The van der Waals surface area contributed by atoms with Crippen LogP contribution in [0.25, 0.3) is 6.08 Å². The van der Waals surface area contributed by atoms with Gasteiger partial charge in [0.1, 0.15) is 18.2 Å². The molecule has 0 saturated carbocycles.